The minimum Gasteiger partial charge on any atom is -0.350 e. The van der Waals surface area contributed by atoms with E-state index in [9.17, 15) is 4.79 Å². The van der Waals surface area contributed by atoms with Crippen molar-refractivity contribution in [1.82, 2.24) is 5.32 Å². The quantitative estimate of drug-likeness (QED) is 0.821. The van der Waals surface area contributed by atoms with Crippen molar-refractivity contribution in [2.45, 2.75) is 56.4 Å². The Morgan fingerprint density at radius 2 is 1.70 bits per heavy atom. The van der Waals surface area contributed by atoms with Crippen LogP contribution >= 0.6 is 15.9 Å². The largest absolute Gasteiger partial charge is 0.350 e. The first kappa shape index (κ1) is 14.5. The molecule has 5 aliphatic rings. The van der Waals surface area contributed by atoms with Crippen LogP contribution in [-0.4, -0.2) is 11.4 Å². The second kappa shape index (κ2) is 5.08. The summed E-state index contributed by atoms with van der Waals surface area (Å²) < 4.78 is 1.11. The van der Waals surface area contributed by atoms with Crippen molar-refractivity contribution in [3.05, 3.63) is 34.3 Å². The van der Waals surface area contributed by atoms with Crippen LogP contribution in [0.15, 0.2) is 28.7 Å². The maximum atomic E-state index is 12.8. The number of carbonyl (C=O) groups is 1. The van der Waals surface area contributed by atoms with E-state index < -0.39 is 0 Å². The predicted molar refractivity (Wildman–Crippen MR) is 94.0 cm³/mol. The lowest BCUT2D eigenvalue weighted by atomic mass is 9.53. The Bertz CT molecular complexity index is 620. The van der Waals surface area contributed by atoms with Gasteiger partial charge < -0.3 is 5.32 Å². The van der Waals surface area contributed by atoms with E-state index in [0.29, 0.717) is 11.8 Å². The molecule has 1 N–H and O–H groups in total. The van der Waals surface area contributed by atoms with Gasteiger partial charge >= 0.3 is 0 Å². The van der Waals surface area contributed by atoms with Gasteiger partial charge in [-0.15, -0.1) is 0 Å². The monoisotopic (exact) mass is 373 g/mol. The van der Waals surface area contributed by atoms with Crippen molar-refractivity contribution in [2.24, 2.45) is 23.7 Å². The average Bonchev–Trinajstić information content (AvgIpc) is 3.25. The zero-order valence-corrected chi connectivity index (χ0v) is 15.0. The molecule has 0 heterocycles. The molecule has 5 fully saturated rings. The highest BCUT2D eigenvalue weighted by molar-refractivity contribution is 9.10. The van der Waals surface area contributed by atoms with Gasteiger partial charge in [-0.3, -0.25) is 4.79 Å². The first-order chi connectivity index (χ1) is 11.1. The second-order valence-electron chi connectivity index (χ2n) is 8.69. The van der Waals surface area contributed by atoms with Crippen LogP contribution in [0.3, 0.4) is 0 Å². The van der Waals surface area contributed by atoms with Crippen LogP contribution < -0.4 is 5.32 Å². The summed E-state index contributed by atoms with van der Waals surface area (Å²) in [5.41, 5.74) is 1.47. The Morgan fingerprint density at radius 3 is 2.30 bits per heavy atom. The van der Waals surface area contributed by atoms with Gasteiger partial charge in [0.2, 0.25) is 5.91 Å². The van der Waals surface area contributed by atoms with Gasteiger partial charge in [-0.05, 0) is 86.3 Å². The highest BCUT2D eigenvalue weighted by Crippen LogP contribution is 2.56. The number of amides is 1. The summed E-state index contributed by atoms with van der Waals surface area (Å²) in [6, 6.07) is 8.46. The van der Waals surface area contributed by atoms with Crippen molar-refractivity contribution in [2.75, 3.05) is 0 Å². The Balaban J connectivity index is 1.28. The Morgan fingerprint density at radius 1 is 1.04 bits per heavy atom. The zero-order chi connectivity index (χ0) is 15.6. The fourth-order valence-corrected chi connectivity index (χ4v) is 6.63. The van der Waals surface area contributed by atoms with Gasteiger partial charge in [0.15, 0.2) is 0 Å². The minimum absolute atomic E-state index is 0.163. The van der Waals surface area contributed by atoms with E-state index >= 15 is 0 Å². The van der Waals surface area contributed by atoms with E-state index in [0.717, 1.165) is 28.6 Å². The molecule has 4 bridgehead atoms. The van der Waals surface area contributed by atoms with Gasteiger partial charge in [-0.25, -0.2) is 0 Å². The third-order valence-electron chi connectivity index (χ3n) is 6.83. The summed E-state index contributed by atoms with van der Waals surface area (Å²) in [4.78, 5) is 12.8. The molecule has 0 saturated heterocycles. The molecule has 0 aliphatic heterocycles. The van der Waals surface area contributed by atoms with E-state index in [2.05, 4.69) is 45.5 Å². The van der Waals surface area contributed by atoms with Gasteiger partial charge in [-0.2, -0.15) is 0 Å². The molecule has 1 aromatic carbocycles. The number of hydrogen-bond donors (Lipinski definition) is 1. The minimum atomic E-state index is 0.163. The van der Waals surface area contributed by atoms with Gasteiger partial charge in [0.25, 0.3) is 0 Å². The van der Waals surface area contributed by atoms with Gasteiger partial charge in [0.1, 0.15) is 0 Å². The Labute approximate surface area is 146 Å². The number of nitrogens with one attached hydrogen (secondary N) is 1. The van der Waals surface area contributed by atoms with Crippen LogP contribution in [-0.2, 0) is 4.79 Å². The lowest BCUT2D eigenvalue weighted by molar-refractivity contribution is -0.128. The lowest BCUT2D eigenvalue weighted by Gasteiger charge is -2.57. The van der Waals surface area contributed by atoms with Gasteiger partial charge in [-0.1, -0.05) is 28.1 Å². The van der Waals surface area contributed by atoms with E-state index in [4.69, 9.17) is 0 Å². The van der Waals surface area contributed by atoms with E-state index in [1.807, 2.05) is 0 Å². The van der Waals surface area contributed by atoms with Crippen molar-refractivity contribution in [3.8, 4) is 0 Å². The number of halogens is 1. The van der Waals surface area contributed by atoms with Crippen molar-refractivity contribution in [1.29, 1.82) is 0 Å². The molecule has 0 spiro atoms. The number of carbonyl (C=O) groups excluding carboxylic acids is 1. The molecule has 3 heteroatoms. The Kier molecular flexibility index (Phi) is 3.21. The summed E-state index contributed by atoms with van der Waals surface area (Å²) in [5.74, 6) is 3.64. The molecule has 2 atom stereocenters. The fourth-order valence-electron chi connectivity index (χ4n) is 6.21. The highest BCUT2D eigenvalue weighted by atomic mass is 79.9. The highest BCUT2D eigenvalue weighted by Gasteiger charge is 2.53. The average molecular weight is 374 g/mol. The summed E-state index contributed by atoms with van der Waals surface area (Å²) in [5, 5.41) is 3.55. The van der Waals surface area contributed by atoms with Crippen molar-refractivity contribution >= 4 is 21.8 Å². The molecular formula is C20H24BrNO. The molecule has 2 unspecified atom stereocenters. The number of rotatable bonds is 3. The standard InChI is InChI=1S/C20H24BrNO/c21-16-3-1-2-15(7-16)17-8-18(17)19(23)22-20-9-12-4-13(10-20)6-14(5-12)11-20/h1-3,7,12-14,17-18H,4-6,8-11H2,(H,22,23). The van der Waals surface area contributed by atoms with Gasteiger partial charge in [0, 0.05) is 15.9 Å². The molecule has 6 rings (SSSR count). The third kappa shape index (κ3) is 2.56. The van der Waals surface area contributed by atoms with Crippen LogP contribution in [0.2, 0.25) is 0 Å². The second-order valence-corrected chi connectivity index (χ2v) is 9.61. The fraction of sp³-hybridized carbons (Fsp3) is 0.650. The van der Waals surface area contributed by atoms with Crippen LogP contribution in [0.4, 0.5) is 0 Å². The van der Waals surface area contributed by atoms with E-state index in [1.54, 1.807) is 0 Å². The normalized spacial score (nSPS) is 43.4. The molecular weight excluding hydrogens is 350 g/mol. The first-order valence-electron chi connectivity index (χ1n) is 9.18. The molecule has 5 saturated carbocycles. The smallest absolute Gasteiger partial charge is 0.224 e. The maximum Gasteiger partial charge on any atom is 0.224 e. The zero-order valence-electron chi connectivity index (χ0n) is 13.4. The summed E-state index contributed by atoms with van der Waals surface area (Å²) in [7, 11) is 0. The maximum absolute atomic E-state index is 12.8. The topological polar surface area (TPSA) is 29.1 Å². The van der Waals surface area contributed by atoms with Crippen LogP contribution in [0, 0.1) is 23.7 Å². The van der Waals surface area contributed by atoms with Crippen LogP contribution in [0.1, 0.15) is 56.4 Å². The van der Waals surface area contributed by atoms with Crippen LogP contribution in [0.25, 0.3) is 0 Å². The Hall–Kier alpha value is -0.830. The summed E-state index contributed by atoms with van der Waals surface area (Å²) in [6.45, 7) is 0. The van der Waals surface area contributed by atoms with E-state index in [-0.39, 0.29) is 11.5 Å². The van der Waals surface area contributed by atoms with Crippen molar-refractivity contribution < 1.29 is 4.79 Å². The van der Waals surface area contributed by atoms with Crippen LogP contribution in [0.5, 0.6) is 0 Å². The predicted octanol–water partition coefficient (Wildman–Crippen LogP) is 4.64. The molecule has 122 valence electrons. The molecule has 23 heavy (non-hydrogen) atoms. The first-order valence-corrected chi connectivity index (χ1v) is 9.97. The molecule has 0 aromatic heterocycles. The number of benzene rings is 1. The lowest BCUT2D eigenvalue weighted by Crippen LogP contribution is -2.60. The summed E-state index contributed by atoms with van der Waals surface area (Å²) >= 11 is 3.54. The molecule has 5 aliphatic carbocycles. The molecule has 0 radical (unpaired) electrons. The third-order valence-corrected chi connectivity index (χ3v) is 7.32. The van der Waals surface area contributed by atoms with E-state index in [1.165, 1.54) is 44.1 Å². The number of hydrogen-bond acceptors (Lipinski definition) is 1. The molecule has 2 nitrogen and oxygen atoms in total. The SMILES string of the molecule is O=C(NC12CC3CC(CC(C3)C1)C2)C1CC1c1cccc(Br)c1. The summed E-state index contributed by atoms with van der Waals surface area (Å²) in [6.07, 6.45) is 9.06. The van der Waals surface area contributed by atoms with Gasteiger partial charge in [0.05, 0.1) is 0 Å². The molecule has 1 aromatic rings. The van der Waals surface area contributed by atoms with Crippen molar-refractivity contribution in [3.63, 3.8) is 0 Å². The molecule has 1 amide bonds.